The van der Waals surface area contributed by atoms with Crippen molar-refractivity contribution in [2.45, 2.75) is 31.7 Å². The summed E-state index contributed by atoms with van der Waals surface area (Å²) in [6, 6.07) is 1.84. The van der Waals surface area contributed by atoms with Gasteiger partial charge in [-0.25, -0.2) is 13.8 Å². The SMILES string of the molecule is [2H]C1([2H])N(CC2CCN(c3ccc(C(N)=O)cn3)CC2)C([2H])([2H])C([2H])([2H])N(c2c(F)cc3c(c2F)C(=O)N(C2CCC(=O)NC2=O)C3=O)C1([2H])[2H]. The molecule has 0 saturated carbocycles. The number of hydrogen-bond acceptors (Lipinski definition) is 9. The summed E-state index contributed by atoms with van der Waals surface area (Å²) in [5.41, 5.74) is 1.80. The first-order valence-corrected chi connectivity index (χ1v) is 13.5. The largest absolute Gasteiger partial charge is 0.366 e. The number of halogens is 2. The summed E-state index contributed by atoms with van der Waals surface area (Å²) in [6.07, 6.45) is 1.34. The number of amides is 5. The maximum absolute atomic E-state index is 16.4. The second-order valence-electron chi connectivity index (χ2n) is 10.5. The van der Waals surface area contributed by atoms with Crippen LogP contribution in [0.2, 0.25) is 0 Å². The number of nitrogens with zero attached hydrogens (tertiary/aromatic N) is 5. The van der Waals surface area contributed by atoms with Crippen LogP contribution in [0, 0.1) is 17.6 Å². The Morgan fingerprint density at radius 3 is 2.37 bits per heavy atom. The van der Waals surface area contributed by atoms with E-state index in [1.165, 1.54) is 12.3 Å². The van der Waals surface area contributed by atoms with Gasteiger partial charge in [0.1, 0.15) is 23.4 Å². The molecule has 1 unspecified atom stereocenters. The average Bonchev–Trinajstić information content (AvgIpc) is 3.29. The molecule has 0 spiro atoms. The third-order valence-electron chi connectivity index (χ3n) is 7.83. The van der Waals surface area contributed by atoms with Crippen LogP contribution in [0.1, 0.15) is 67.7 Å². The summed E-state index contributed by atoms with van der Waals surface area (Å²) >= 11 is 0. The fourth-order valence-electron chi connectivity index (χ4n) is 5.55. The zero-order valence-corrected chi connectivity index (χ0v) is 22.5. The first-order chi connectivity index (χ1) is 23.6. The predicted octanol–water partition coefficient (Wildman–Crippen LogP) is 0.899. The van der Waals surface area contributed by atoms with E-state index in [1.54, 1.807) is 6.07 Å². The number of hydrogen-bond donors (Lipinski definition) is 2. The second-order valence-corrected chi connectivity index (χ2v) is 10.5. The molecule has 5 amide bonds. The number of anilines is 2. The van der Waals surface area contributed by atoms with Crippen molar-refractivity contribution in [3.63, 3.8) is 0 Å². The number of piperidine rings is 2. The van der Waals surface area contributed by atoms with Crippen molar-refractivity contribution in [2.75, 3.05) is 55.4 Å². The Labute approximate surface area is 257 Å². The minimum absolute atomic E-state index is 0.203. The maximum Gasteiger partial charge on any atom is 0.265 e. The Balaban J connectivity index is 1.30. The molecule has 2 aromatic rings. The molecular weight excluding hydrogens is 564 g/mol. The van der Waals surface area contributed by atoms with Gasteiger partial charge in [-0.1, -0.05) is 0 Å². The molecule has 0 aliphatic carbocycles. The van der Waals surface area contributed by atoms with Crippen LogP contribution in [0.25, 0.3) is 0 Å². The van der Waals surface area contributed by atoms with E-state index in [9.17, 15) is 24.0 Å². The first kappa shape index (κ1) is 20.4. The van der Waals surface area contributed by atoms with Crippen LogP contribution in [-0.2, 0) is 9.59 Å². The van der Waals surface area contributed by atoms with Crippen LogP contribution < -0.4 is 20.9 Å². The highest BCUT2D eigenvalue weighted by Gasteiger charge is 2.47. The van der Waals surface area contributed by atoms with E-state index in [0.717, 1.165) is 0 Å². The van der Waals surface area contributed by atoms with E-state index in [2.05, 4.69) is 4.98 Å². The summed E-state index contributed by atoms with van der Waals surface area (Å²) < 4.78 is 102. The van der Waals surface area contributed by atoms with Crippen LogP contribution >= 0.6 is 0 Å². The number of rotatable bonds is 6. The number of primary amides is 1. The molecule has 1 aromatic carbocycles. The lowest BCUT2D eigenvalue weighted by Gasteiger charge is -2.40. The lowest BCUT2D eigenvalue weighted by Crippen LogP contribution is -2.54. The maximum atomic E-state index is 16.4. The lowest BCUT2D eigenvalue weighted by atomic mass is 9.95. The van der Waals surface area contributed by atoms with Gasteiger partial charge in [0.2, 0.25) is 17.7 Å². The van der Waals surface area contributed by atoms with Gasteiger partial charge in [0.25, 0.3) is 11.8 Å². The molecule has 1 aromatic heterocycles. The van der Waals surface area contributed by atoms with E-state index in [-0.39, 0.29) is 23.3 Å². The molecule has 3 saturated heterocycles. The number of nitrogens with two attached hydrogens (primary N) is 1. The van der Waals surface area contributed by atoms with Gasteiger partial charge in [0, 0.05) is 63.7 Å². The highest BCUT2D eigenvalue weighted by Crippen LogP contribution is 2.36. The van der Waals surface area contributed by atoms with Gasteiger partial charge >= 0.3 is 0 Å². The molecule has 5 heterocycles. The first-order valence-electron chi connectivity index (χ1n) is 17.5. The lowest BCUT2D eigenvalue weighted by molar-refractivity contribution is -0.136. The molecule has 1 atom stereocenters. The molecule has 43 heavy (non-hydrogen) atoms. The van der Waals surface area contributed by atoms with Crippen molar-refractivity contribution >= 4 is 41.0 Å². The molecule has 6 rings (SSSR count). The molecule has 226 valence electrons. The van der Waals surface area contributed by atoms with E-state index >= 15 is 8.78 Å². The monoisotopic (exact) mass is 603 g/mol. The van der Waals surface area contributed by atoms with E-state index in [4.69, 9.17) is 16.7 Å². The van der Waals surface area contributed by atoms with Crippen LogP contribution in [-0.4, -0.2) is 96.0 Å². The number of fused-ring (bicyclic) bond motifs is 1. The van der Waals surface area contributed by atoms with Crippen molar-refractivity contribution in [2.24, 2.45) is 11.7 Å². The van der Waals surface area contributed by atoms with Crippen molar-refractivity contribution in [1.29, 1.82) is 0 Å². The van der Waals surface area contributed by atoms with E-state index in [0.29, 0.717) is 47.6 Å². The van der Waals surface area contributed by atoms with Gasteiger partial charge in [-0.05, 0) is 43.4 Å². The topological polar surface area (TPSA) is 149 Å². The van der Waals surface area contributed by atoms with Gasteiger partial charge in [-0.3, -0.25) is 39.1 Å². The zero-order valence-electron chi connectivity index (χ0n) is 30.5. The minimum atomic E-state index is -3.71. The quantitative estimate of drug-likeness (QED) is 0.460. The number of carbonyl (C=O) groups excluding carboxylic acids is 5. The standard InChI is InChI=1S/C29H31F2N7O5/c30-19-13-18-23(29(43)38(28(18)42)20-2-4-22(39)34-27(20)41)24(31)25(19)37-11-9-35(10-12-37)15-16-5-7-36(8-6-16)21-3-1-17(14-33-21)26(32)40/h1,3,13-14,16,20H,2,4-12,15H2,(H2,32,40)(H,34,39,41)/i9D2,10D2,11D2,12D2. The van der Waals surface area contributed by atoms with E-state index < -0.39 is 102 Å². The normalized spacial score (nSPS) is 29.3. The van der Waals surface area contributed by atoms with Gasteiger partial charge in [0.15, 0.2) is 5.82 Å². The summed E-state index contributed by atoms with van der Waals surface area (Å²) in [5, 5.41) is 1.94. The van der Waals surface area contributed by atoms with Crippen molar-refractivity contribution < 1.29 is 43.7 Å². The number of carbonyl (C=O) groups is 5. The van der Waals surface area contributed by atoms with Crippen molar-refractivity contribution in [3.05, 3.63) is 52.7 Å². The number of piperazine rings is 1. The summed E-state index contributed by atoms with van der Waals surface area (Å²) in [7, 11) is 0. The summed E-state index contributed by atoms with van der Waals surface area (Å²) in [6.45, 7) is -14.2. The molecule has 3 fully saturated rings. The molecule has 4 aliphatic rings. The summed E-state index contributed by atoms with van der Waals surface area (Å²) in [5.74, 6) is -8.89. The Hall–Kier alpha value is -4.46. The fourth-order valence-corrected chi connectivity index (χ4v) is 5.55. The Kier molecular flexibility index (Phi) is 5.38. The Bertz CT molecular complexity index is 1830. The third kappa shape index (κ3) is 5.31. The van der Waals surface area contributed by atoms with Crippen LogP contribution in [0.4, 0.5) is 20.3 Å². The van der Waals surface area contributed by atoms with Gasteiger partial charge < -0.3 is 15.5 Å². The van der Waals surface area contributed by atoms with Gasteiger partial charge in [-0.15, -0.1) is 0 Å². The number of aromatic nitrogens is 1. The highest BCUT2D eigenvalue weighted by atomic mass is 19.1. The average molecular weight is 604 g/mol. The smallest absolute Gasteiger partial charge is 0.265 e. The van der Waals surface area contributed by atoms with E-state index in [1.807, 2.05) is 10.2 Å². The van der Waals surface area contributed by atoms with Gasteiger partial charge in [-0.2, -0.15) is 0 Å². The Morgan fingerprint density at radius 1 is 1.02 bits per heavy atom. The number of benzene rings is 1. The predicted molar refractivity (Wildman–Crippen MR) is 149 cm³/mol. The molecule has 3 N–H and O–H groups in total. The molecule has 12 nitrogen and oxygen atoms in total. The second kappa shape index (κ2) is 11.3. The molecule has 14 heteroatoms. The number of nitrogens with one attached hydrogen (secondary N) is 1. The van der Waals surface area contributed by atoms with Crippen LogP contribution in [0.15, 0.2) is 24.4 Å². The van der Waals surface area contributed by atoms with Crippen LogP contribution in [0.5, 0.6) is 0 Å². The molecule has 0 radical (unpaired) electrons. The molecule has 0 bridgehead atoms. The minimum Gasteiger partial charge on any atom is -0.366 e. The van der Waals surface area contributed by atoms with Crippen LogP contribution in [0.3, 0.4) is 0 Å². The highest BCUT2D eigenvalue weighted by molar-refractivity contribution is 6.24. The summed E-state index contributed by atoms with van der Waals surface area (Å²) in [4.78, 5) is 68.4. The third-order valence-corrected chi connectivity index (χ3v) is 7.83. The Morgan fingerprint density at radius 2 is 1.74 bits per heavy atom. The number of pyridine rings is 1. The van der Waals surface area contributed by atoms with Crippen molar-refractivity contribution in [3.8, 4) is 0 Å². The van der Waals surface area contributed by atoms with Crippen molar-refractivity contribution in [1.82, 2.24) is 20.1 Å². The molecule has 4 aliphatic heterocycles. The fraction of sp³-hybridized carbons (Fsp3) is 0.448. The number of imide groups is 2. The van der Waals surface area contributed by atoms with Gasteiger partial charge in [0.05, 0.1) is 22.2 Å². The zero-order chi connectivity index (χ0) is 37.6. The molecular formula is C29H31F2N7O5.